The van der Waals surface area contributed by atoms with Gasteiger partial charge in [-0.1, -0.05) is 13.3 Å². The van der Waals surface area contributed by atoms with Crippen LogP contribution in [0.15, 0.2) is 0 Å². The maximum atomic E-state index is 10.4. The molecule has 0 saturated carbocycles. The van der Waals surface area contributed by atoms with Crippen LogP contribution < -0.4 is 0 Å². The van der Waals surface area contributed by atoms with Crippen LogP contribution in [0.5, 0.6) is 0 Å². The Labute approximate surface area is 212 Å². The van der Waals surface area contributed by atoms with Gasteiger partial charge in [-0.3, -0.25) is 14.4 Å². The molecule has 10 nitrogen and oxygen atoms in total. The number of carbonyl (C=O) groups excluding carboxylic acids is 6. The Balaban J connectivity index is -0.000000107. The summed E-state index contributed by atoms with van der Waals surface area (Å²) in [5, 5.41) is 8.07. The SMILES string of the molecule is CCCCO.CCOC(=O)[CH-]C(C)=O.CCOC(=O)[CH-]C(C)=O.CCOC(=O)[CH-]C(C)=O.[Ti+3]. The Bertz CT molecular complexity index is 474. The molecule has 0 aliphatic rings. The summed E-state index contributed by atoms with van der Waals surface area (Å²) in [6.45, 7) is 12.3. The van der Waals surface area contributed by atoms with Crippen molar-refractivity contribution in [3.63, 3.8) is 0 Å². The van der Waals surface area contributed by atoms with E-state index in [0.717, 1.165) is 32.1 Å². The van der Waals surface area contributed by atoms with Crippen molar-refractivity contribution in [2.45, 2.75) is 61.3 Å². The van der Waals surface area contributed by atoms with Crippen molar-refractivity contribution in [1.82, 2.24) is 0 Å². The van der Waals surface area contributed by atoms with Gasteiger partial charge >= 0.3 is 21.7 Å². The first-order valence-electron chi connectivity index (χ1n) is 10.1. The zero-order chi connectivity index (χ0) is 25.9. The van der Waals surface area contributed by atoms with E-state index in [-0.39, 0.29) is 39.1 Å². The van der Waals surface area contributed by atoms with Crippen LogP contribution in [0.2, 0.25) is 0 Å². The molecule has 0 heterocycles. The maximum absolute atomic E-state index is 10.4. The number of carbonyl (C=O) groups is 6. The van der Waals surface area contributed by atoms with E-state index in [2.05, 4.69) is 21.1 Å². The van der Waals surface area contributed by atoms with Crippen LogP contribution in [0.25, 0.3) is 0 Å². The Morgan fingerprint density at radius 1 is 0.606 bits per heavy atom. The molecular weight excluding hydrogens is 472 g/mol. The number of aliphatic hydroxyl groups excluding tert-OH is 1. The van der Waals surface area contributed by atoms with E-state index in [1.54, 1.807) is 20.8 Å². The van der Waals surface area contributed by atoms with Crippen LogP contribution >= 0.6 is 0 Å². The average molecular weight is 509 g/mol. The van der Waals surface area contributed by atoms with Gasteiger partial charge < -0.3 is 33.7 Å². The van der Waals surface area contributed by atoms with Crippen molar-refractivity contribution in [3.8, 4) is 0 Å². The quantitative estimate of drug-likeness (QED) is 0.144. The molecule has 0 fully saturated rings. The molecule has 0 saturated heterocycles. The standard InChI is InChI=1S/3C6H9O3.C4H10O.Ti/c3*1-3-9-6(8)4-5(2)7;1-2-3-4-5;/h3*4H,3H2,1-2H3;5H,2-4H2,1H3;/q3*-1;;+3. The fraction of sp³-hybridized carbons (Fsp3) is 0.591. The molecule has 0 atom stereocenters. The number of rotatable bonds is 11. The topological polar surface area (TPSA) is 150 Å². The van der Waals surface area contributed by atoms with Gasteiger partial charge in [0.05, 0.1) is 19.8 Å². The molecule has 33 heavy (non-hydrogen) atoms. The summed E-state index contributed by atoms with van der Waals surface area (Å²) in [6.07, 6.45) is 4.80. The fourth-order valence-corrected chi connectivity index (χ4v) is 1.21. The molecule has 0 aromatic rings. The van der Waals surface area contributed by atoms with Crippen LogP contribution in [0.4, 0.5) is 0 Å². The van der Waals surface area contributed by atoms with E-state index < -0.39 is 17.9 Å². The third-order valence-corrected chi connectivity index (χ3v) is 2.33. The molecule has 0 bridgehead atoms. The molecule has 0 rings (SSSR count). The zero-order valence-corrected chi connectivity index (χ0v) is 22.2. The molecule has 0 aliphatic heterocycles. The number of Topliss-reactive ketones (excluding diaryl/α,β-unsaturated/α-hetero) is 3. The van der Waals surface area contributed by atoms with Crippen LogP contribution in [0.3, 0.4) is 0 Å². The van der Waals surface area contributed by atoms with Gasteiger partial charge in [0.15, 0.2) is 17.9 Å². The van der Waals surface area contributed by atoms with Crippen LogP contribution in [-0.2, 0) is 64.7 Å². The van der Waals surface area contributed by atoms with Crippen molar-refractivity contribution >= 4 is 35.3 Å². The minimum Gasteiger partial charge on any atom is -0.488 e. The summed E-state index contributed by atoms with van der Waals surface area (Å²) in [7, 11) is 0. The first-order valence-corrected chi connectivity index (χ1v) is 10.1. The number of ketones is 3. The Morgan fingerprint density at radius 2 is 0.848 bits per heavy atom. The van der Waals surface area contributed by atoms with Gasteiger partial charge in [0, 0.05) is 24.0 Å². The van der Waals surface area contributed by atoms with E-state index >= 15 is 0 Å². The molecule has 0 unspecified atom stereocenters. The van der Waals surface area contributed by atoms with Crippen molar-refractivity contribution < 1.29 is 69.8 Å². The Hall–Kier alpha value is -2.30. The predicted octanol–water partition coefficient (Wildman–Crippen LogP) is 1.80. The van der Waals surface area contributed by atoms with Gasteiger partial charge in [0.2, 0.25) is 0 Å². The summed E-state index contributed by atoms with van der Waals surface area (Å²) < 4.78 is 13.3. The Kier molecular flexibility index (Phi) is 39.6. The van der Waals surface area contributed by atoms with E-state index in [4.69, 9.17) is 5.11 Å². The van der Waals surface area contributed by atoms with Gasteiger partial charge in [-0.15, -0.1) is 0 Å². The van der Waals surface area contributed by atoms with E-state index in [9.17, 15) is 28.8 Å². The second-order valence-electron chi connectivity index (χ2n) is 5.60. The first kappa shape index (κ1) is 41.0. The van der Waals surface area contributed by atoms with E-state index in [1.165, 1.54) is 20.8 Å². The number of hydrogen-bond acceptors (Lipinski definition) is 10. The molecule has 0 aromatic heterocycles. The summed E-state index contributed by atoms with van der Waals surface area (Å²) in [4.78, 5) is 61.6. The maximum Gasteiger partial charge on any atom is 3.00 e. The third kappa shape index (κ3) is 53.2. The summed E-state index contributed by atoms with van der Waals surface area (Å²) in [5.41, 5.74) is 0. The van der Waals surface area contributed by atoms with Gasteiger partial charge in [-0.25, -0.2) is 19.3 Å². The van der Waals surface area contributed by atoms with Gasteiger partial charge in [0.25, 0.3) is 0 Å². The second kappa shape index (κ2) is 31.9. The number of ether oxygens (including phenoxy) is 3. The van der Waals surface area contributed by atoms with Gasteiger partial charge in [-0.05, 0) is 48.0 Å². The third-order valence-electron chi connectivity index (χ3n) is 2.33. The Morgan fingerprint density at radius 3 is 0.939 bits per heavy atom. The van der Waals surface area contributed by atoms with Crippen molar-refractivity contribution in [2.24, 2.45) is 0 Å². The summed E-state index contributed by atoms with van der Waals surface area (Å²) in [5.74, 6) is -2.55. The number of unbranched alkanes of at least 4 members (excludes halogenated alkanes) is 1. The minimum atomic E-state index is -0.565. The molecule has 1 radical (unpaired) electrons. The minimum absolute atomic E-state index is 0. The van der Waals surface area contributed by atoms with Gasteiger partial charge in [-0.2, -0.15) is 0 Å². The molecular formula is C22H37O10Ti. The molecule has 0 aliphatic carbocycles. The molecule has 11 heteroatoms. The number of esters is 3. The van der Waals surface area contributed by atoms with Crippen molar-refractivity contribution in [3.05, 3.63) is 19.3 Å². The van der Waals surface area contributed by atoms with Gasteiger partial charge in [0.1, 0.15) is 0 Å². The predicted molar refractivity (Wildman–Crippen MR) is 117 cm³/mol. The van der Waals surface area contributed by atoms with Crippen molar-refractivity contribution in [1.29, 1.82) is 0 Å². The zero-order valence-electron chi connectivity index (χ0n) is 20.6. The normalized spacial score (nSPS) is 8.00. The molecule has 0 amide bonds. The second-order valence-corrected chi connectivity index (χ2v) is 5.60. The van der Waals surface area contributed by atoms with Crippen LogP contribution in [0.1, 0.15) is 61.3 Å². The van der Waals surface area contributed by atoms with Crippen molar-refractivity contribution in [2.75, 3.05) is 26.4 Å². The molecule has 189 valence electrons. The molecule has 1 N–H and O–H groups in total. The smallest absolute Gasteiger partial charge is 0.488 e. The average Bonchev–Trinajstić information content (AvgIpc) is 2.62. The monoisotopic (exact) mass is 509 g/mol. The largest absolute Gasteiger partial charge is 3.00 e. The molecule has 0 spiro atoms. The summed E-state index contributed by atoms with van der Waals surface area (Å²) in [6, 6.07) is 0. The number of aliphatic hydroxyl groups is 1. The first-order chi connectivity index (χ1) is 14.9. The van der Waals surface area contributed by atoms with Crippen LogP contribution in [0, 0.1) is 19.3 Å². The fourth-order valence-electron chi connectivity index (χ4n) is 1.21. The van der Waals surface area contributed by atoms with E-state index in [0.29, 0.717) is 26.4 Å². The molecule has 0 aromatic carbocycles. The van der Waals surface area contributed by atoms with Crippen LogP contribution in [-0.4, -0.2) is 66.8 Å². The summed E-state index contributed by atoms with van der Waals surface area (Å²) >= 11 is 0. The van der Waals surface area contributed by atoms with E-state index in [1.807, 2.05) is 0 Å². The number of hydrogen-bond donors (Lipinski definition) is 1.